The van der Waals surface area contributed by atoms with Crippen molar-refractivity contribution in [3.05, 3.63) is 33.6 Å². The van der Waals surface area contributed by atoms with Crippen molar-refractivity contribution >= 4 is 15.7 Å². The van der Waals surface area contributed by atoms with E-state index >= 15 is 0 Å². The van der Waals surface area contributed by atoms with Crippen molar-refractivity contribution in [2.24, 2.45) is 0 Å². The van der Waals surface area contributed by atoms with E-state index in [-0.39, 0.29) is 16.5 Å². The minimum atomic E-state index is -3.93. The van der Waals surface area contributed by atoms with Crippen LogP contribution in [0.1, 0.15) is 18.4 Å². The van der Waals surface area contributed by atoms with Gasteiger partial charge in [0.15, 0.2) is 0 Å². The van der Waals surface area contributed by atoms with Crippen molar-refractivity contribution < 1.29 is 22.5 Å². The Hall–Kier alpha value is -1.58. The van der Waals surface area contributed by atoms with Crippen LogP contribution in [0.3, 0.4) is 0 Å². The first-order chi connectivity index (χ1) is 9.81. The van der Waals surface area contributed by atoms with Crippen molar-refractivity contribution in [1.29, 1.82) is 0 Å². The van der Waals surface area contributed by atoms with E-state index in [1.165, 1.54) is 6.92 Å². The Morgan fingerprint density at radius 2 is 2.00 bits per heavy atom. The number of nitrogens with zero attached hydrogens (tertiary/aromatic N) is 1. The predicted octanol–water partition coefficient (Wildman–Crippen LogP) is 1.50. The molecule has 0 aromatic heterocycles. The van der Waals surface area contributed by atoms with Gasteiger partial charge in [-0.25, -0.2) is 13.1 Å². The minimum Gasteiger partial charge on any atom is -0.381 e. The fourth-order valence-corrected chi connectivity index (χ4v) is 3.52. The summed E-state index contributed by atoms with van der Waals surface area (Å²) in [6.07, 6.45) is 1.06. The third-order valence-corrected chi connectivity index (χ3v) is 4.76. The number of nitro benzene ring substituents is 1. The van der Waals surface area contributed by atoms with Gasteiger partial charge in [-0.1, -0.05) is 0 Å². The molecule has 1 saturated heterocycles. The highest BCUT2D eigenvalue weighted by molar-refractivity contribution is 7.89. The summed E-state index contributed by atoms with van der Waals surface area (Å²) in [5.74, 6) is -1.02. The smallest absolute Gasteiger partial charge is 0.306 e. The van der Waals surface area contributed by atoms with E-state index in [0.717, 1.165) is 12.1 Å². The summed E-state index contributed by atoms with van der Waals surface area (Å²) in [5, 5.41) is 10.8. The molecule has 0 spiro atoms. The molecule has 0 radical (unpaired) electrons. The summed E-state index contributed by atoms with van der Waals surface area (Å²) in [4.78, 5) is 9.54. The predicted molar refractivity (Wildman–Crippen MR) is 72.0 cm³/mol. The van der Waals surface area contributed by atoms with Crippen LogP contribution < -0.4 is 4.72 Å². The van der Waals surface area contributed by atoms with Crippen LogP contribution in [0.15, 0.2) is 17.0 Å². The van der Waals surface area contributed by atoms with E-state index in [0.29, 0.717) is 26.1 Å². The number of hydrogen-bond donors (Lipinski definition) is 1. The Kier molecular flexibility index (Phi) is 4.55. The number of nitrogens with one attached hydrogen (secondary N) is 1. The van der Waals surface area contributed by atoms with E-state index in [1.54, 1.807) is 0 Å². The fourth-order valence-electron chi connectivity index (χ4n) is 2.11. The first-order valence-electron chi connectivity index (χ1n) is 6.36. The molecule has 0 amide bonds. The van der Waals surface area contributed by atoms with Crippen LogP contribution in [0, 0.1) is 22.9 Å². The van der Waals surface area contributed by atoms with E-state index in [4.69, 9.17) is 4.74 Å². The molecule has 9 heteroatoms. The van der Waals surface area contributed by atoms with Gasteiger partial charge in [-0.3, -0.25) is 10.1 Å². The standard InChI is InChI=1S/C12H15FN2O5S/c1-8-6-10(7-11(12(8)13)15(16)17)21(18,19)14-9-2-4-20-5-3-9/h6-7,9,14H,2-5H2,1H3. The van der Waals surface area contributed by atoms with E-state index < -0.39 is 26.5 Å². The maximum atomic E-state index is 13.6. The number of hydrogen-bond acceptors (Lipinski definition) is 5. The molecule has 116 valence electrons. The Morgan fingerprint density at radius 1 is 1.38 bits per heavy atom. The van der Waals surface area contributed by atoms with Gasteiger partial charge in [-0.05, 0) is 31.4 Å². The number of halogens is 1. The van der Waals surface area contributed by atoms with Crippen LogP contribution in [0.5, 0.6) is 0 Å². The first-order valence-corrected chi connectivity index (χ1v) is 7.84. The average Bonchev–Trinajstić information content (AvgIpc) is 2.41. The highest BCUT2D eigenvalue weighted by Gasteiger charge is 2.26. The lowest BCUT2D eigenvalue weighted by Crippen LogP contribution is -2.38. The van der Waals surface area contributed by atoms with Crippen molar-refractivity contribution in [2.45, 2.75) is 30.7 Å². The summed E-state index contributed by atoms with van der Waals surface area (Å²) >= 11 is 0. The molecule has 1 N–H and O–H groups in total. The third-order valence-electron chi connectivity index (χ3n) is 3.26. The Labute approximate surface area is 121 Å². The summed E-state index contributed by atoms with van der Waals surface area (Å²) < 4.78 is 45.7. The molecule has 0 aliphatic carbocycles. The summed E-state index contributed by atoms with van der Waals surface area (Å²) in [7, 11) is -3.93. The number of benzene rings is 1. The molecule has 2 rings (SSSR count). The zero-order valence-electron chi connectivity index (χ0n) is 11.3. The molecular weight excluding hydrogens is 303 g/mol. The molecule has 1 aromatic carbocycles. The maximum Gasteiger partial charge on any atom is 0.306 e. The van der Waals surface area contributed by atoms with E-state index in [9.17, 15) is 22.9 Å². The molecule has 1 heterocycles. The summed E-state index contributed by atoms with van der Waals surface area (Å²) in [6, 6.07) is 1.54. The highest BCUT2D eigenvalue weighted by Crippen LogP contribution is 2.25. The molecule has 1 aliphatic rings. The SMILES string of the molecule is Cc1cc(S(=O)(=O)NC2CCOCC2)cc([N+](=O)[O-])c1F. The summed E-state index contributed by atoms with van der Waals surface area (Å²) in [5.41, 5.74) is -0.932. The monoisotopic (exact) mass is 318 g/mol. The van der Waals surface area contributed by atoms with Crippen LogP contribution in [-0.2, 0) is 14.8 Å². The van der Waals surface area contributed by atoms with E-state index in [2.05, 4.69) is 4.72 Å². The maximum absolute atomic E-state index is 13.6. The minimum absolute atomic E-state index is 0.0865. The lowest BCUT2D eigenvalue weighted by atomic mass is 10.1. The van der Waals surface area contributed by atoms with Crippen molar-refractivity contribution in [3.63, 3.8) is 0 Å². The molecular formula is C12H15FN2O5S. The second-order valence-corrected chi connectivity index (χ2v) is 6.55. The van der Waals surface area contributed by atoms with Gasteiger partial charge in [0.25, 0.3) is 0 Å². The summed E-state index contributed by atoms with van der Waals surface area (Å²) in [6.45, 7) is 2.20. The Bertz CT molecular complexity index is 656. The van der Waals surface area contributed by atoms with E-state index in [1.807, 2.05) is 0 Å². The van der Waals surface area contributed by atoms with Gasteiger partial charge < -0.3 is 4.74 Å². The van der Waals surface area contributed by atoms with Crippen LogP contribution in [0.2, 0.25) is 0 Å². The lowest BCUT2D eigenvalue weighted by Gasteiger charge is -2.23. The topological polar surface area (TPSA) is 98.5 Å². The number of aryl methyl sites for hydroxylation is 1. The Morgan fingerprint density at radius 3 is 2.57 bits per heavy atom. The second-order valence-electron chi connectivity index (χ2n) is 4.84. The molecule has 1 aromatic rings. The van der Waals surface area contributed by atoms with Gasteiger partial charge in [0.2, 0.25) is 15.8 Å². The van der Waals surface area contributed by atoms with Crippen molar-refractivity contribution in [3.8, 4) is 0 Å². The number of nitro groups is 1. The fraction of sp³-hybridized carbons (Fsp3) is 0.500. The van der Waals surface area contributed by atoms with Crippen LogP contribution >= 0.6 is 0 Å². The Balaban J connectivity index is 2.33. The number of ether oxygens (including phenoxy) is 1. The molecule has 0 unspecified atom stereocenters. The largest absolute Gasteiger partial charge is 0.381 e. The van der Waals surface area contributed by atoms with Gasteiger partial charge in [-0.2, -0.15) is 4.39 Å². The molecule has 0 saturated carbocycles. The van der Waals surface area contributed by atoms with Gasteiger partial charge >= 0.3 is 5.69 Å². The zero-order chi connectivity index (χ0) is 15.6. The lowest BCUT2D eigenvalue weighted by molar-refractivity contribution is -0.387. The van der Waals surface area contributed by atoms with Crippen LogP contribution in [0.25, 0.3) is 0 Å². The molecule has 0 bridgehead atoms. The van der Waals surface area contributed by atoms with Crippen molar-refractivity contribution in [2.75, 3.05) is 13.2 Å². The molecule has 1 fully saturated rings. The van der Waals surface area contributed by atoms with Gasteiger partial charge in [0, 0.05) is 25.3 Å². The van der Waals surface area contributed by atoms with Gasteiger partial charge in [-0.15, -0.1) is 0 Å². The molecule has 1 aliphatic heterocycles. The van der Waals surface area contributed by atoms with Crippen molar-refractivity contribution in [1.82, 2.24) is 4.72 Å². The second kappa shape index (κ2) is 6.04. The van der Waals surface area contributed by atoms with Gasteiger partial charge in [0.05, 0.1) is 9.82 Å². The molecule has 21 heavy (non-hydrogen) atoms. The normalized spacial score (nSPS) is 16.9. The van der Waals surface area contributed by atoms with Crippen LogP contribution in [0.4, 0.5) is 10.1 Å². The number of rotatable bonds is 4. The van der Waals surface area contributed by atoms with Crippen LogP contribution in [-0.4, -0.2) is 32.6 Å². The average molecular weight is 318 g/mol. The quantitative estimate of drug-likeness (QED) is 0.670. The highest BCUT2D eigenvalue weighted by atomic mass is 32.2. The number of sulfonamides is 1. The van der Waals surface area contributed by atoms with Gasteiger partial charge in [0.1, 0.15) is 0 Å². The first kappa shape index (κ1) is 15.8. The zero-order valence-corrected chi connectivity index (χ0v) is 12.2. The molecule has 0 atom stereocenters. The molecule has 7 nitrogen and oxygen atoms in total. The third kappa shape index (κ3) is 3.55.